The molecular formula is C26H26N4O6. The van der Waals surface area contributed by atoms with E-state index in [-0.39, 0.29) is 12.5 Å². The highest BCUT2D eigenvalue weighted by molar-refractivity contribution is 6.39. The lowest BCUT2D eigenvalue weighted by Crippen LogP contribution is -2.32. The van der Waals surface area contributed by atoms with Gasteiger partial charge in [-0.3, -0.25) is 14.4 Å². The smallest absolute Gasteiger partial charge is 0.329 e. The van der Waals surface area contributed by atoms with Crippen molar-refractivity contribution >= 4 is 35.3 Å². The summed E-state index contributed by atoms with van der Waals surface area (Å²) in [7, 11) is 1.53. The minimum absolute atomic E-state index is 0.198. The van der Waals surface area contributed by atoms with Crippen LogP contribution in [0.25, 0.3) is 0 Å². The number of carbonyl (C=O) groups is 3. The lowest BCUT2D eigenvalue weighted by Gasteiger charge is -2.09. The van der Waals surface area contributed by atoms with Gasteiger partial charge in [0, 0.05) is 11.4 Å². The molecule has 3 aromatic carbocycles. The second-order valence-corrected chi connectivity index (χ2v) is 7.25. The van der Waals surface area contributed by atoms with Gasteiger partial charge in [0.05, 0.1) is 19.9 Å². The third-order valence-electron chi connectivity index (χ3n) is 4.61. The van der Waals surface area contributed by atoms with Crippen LogP contribution >= 0.6 is 0 Å². The fourth-order valence-electron chi connectivity index (χ4n) is 2.91. The highest BCUT2D eigenvalue weighted by Crippen LogP contribution is 2.17. The van der Waals surface area contributed by atoms with E-state index >= 15 is 0 Å². The van der Waals surface area contributed by atoms with Gasteiger partial charge < -0.3 is 24.8 Å². The fourth-order valence-corrected chi connectivity index (χ4v) is 2.91. The van der Waals surface area contributed by atoms with E-state index in [2.05, 4.69) is 21.2 Å². The Kier molecular flexibility index (Phi) is 9.40. The summed E-state index contributed by atoms with van der Waals surface area (Å²) < 4.78 is 15.9. The summed E-state index contributed by atoms with van der Waals surface area (Å²) in [5, 5.41) is 8.99. The second kappa shape index (κ2) is 13.1. The molecule has 0 bridgehead atoms. The predicted octanol–water partition coefficient (Wildman–Crippen LogP) is 3.20. The first kappa shape index (κ1) is 25.8. The molecule has 3 rings (SSSR count). The third kappa shape index (κ3) is 8.17. The van der Waals surface area contributed by atoms with Crippen LogP contribution in [0.3, 0.4) is 0 Å². The van der Waals surface area contributed by atoms with E-state index in [1.807, 2.05) is 6.92 Å². The second-order valence-electron chi connectivity index (χ2n) is 7.25. The van der Waals surface area contributed by atoms with Gasteiger partial charge in [0.2, 0.25) is 0 Å². The van der Waals surface area contributed by atoms with Crippen LogP contribution in [0.5, 0.6) is 17.2 Å². The number of benzene rings is 3. The molecule has 0 saturated carbocycles. The van der Waals surface area contributed by atoms with E-state index in [0.717, 1.165) is 5.75 Å². The van der Waals surface area contributed by atoms with E-state index in [4.69, 9.17) is 14.2 Å². The number of ether oxygens (including phenoxy) is 3. The average molecular weight is 491 g/mol. The van der Waals surface area contributed by atoms with Crippen molar-refractivity contribution in [3.63, 3.8) is 0 Å². The Morgan fingerprint density at radius 3 is 2.14 bits per heavy atom. The Morgan fingerprint density at radius 2 is 1.47 bits per heavy atom. The fraction of sp³-hybridized carbons (Fsp3) is 0.154. The van der Waals surface area contributed by atoms with E-state index < -0.39 is 11.8 Å². The van der Waals surface area contributed by atoms with Gasteiger partial charge in [-0.2, -0.15) is 5.10 Å². The molecule has 0 spiro atoms. The third-order valence-corrected chi connectivity index (χ3v) is 4.61. The van der Waals surface area contributed by atoms with Crippen molar-refractivity contribution < 1.29 is 28.6 Å². The maximum Gasteiger partial charge on any atom is 0.329 e. The van der Waals surface area contributed by atoms with E-state index in [9.17, 15) is 14.4 Å². The number of hydrogen-bond donors (Lipinski definition) is 3. The average Bonchev–Trinajstić information content (AvgIpc) is 2.89. The first-order chi connectivity index (χ1) is 17.5. The summed E-state index contributed by atoms with van der Waals surface area (Å²) in [6, 6.07) is 20.3. The Labute approximate surface area is 208 Å². The van der Waals surface area contributed by atoms with E-state index in [1.165, 1.54) is 13.3 Å². The molecule has 10 nitrogen and oxygen atoms in total. The lowest BCUT2D eigenvalue weighted by atomic mass is 10.2. The number of amides is 3. The molecule has 3 aromatic rings. The van der Waals surface area contributed by atoms with E-state index in [0.29, 0.717) is 35.0 Å². The zero-order valence-corrected chi connectivity index (χ0v) is 19.8. The Hall–Kier alpha value is -4.86. The van der Waals surface area contributed by atoms with Crippen LogP contribution in [-0.2, 0) is 14.4 Å². The molecule has 0 radical (unpaired) electrons. The first-order valence-corrected chi connectivity index (χ1v) is 11.0. The van der Waals surface area contributed by atoms with Crippen LogP contribution < -0.4 is 30.3 Å². The highest BCUT2D eigenvalue weighted by atomic mass is 16.5. The van der Waals surface area contributed by atoms with Gasteiger partial charge in [0.1, 0.15) is 17.2 Å². The van der Waals surface area contributed by atoms with Crippen LogP contribution in [0.2, 0.25) is 0 Å². The maximum atomic E-state index is 12.2. The van der Waals surface area contributed by atoms with Gasteiger partial charge in [0.25, 0.3) is 5.91 Å². The van der Waals surface area contributed by atoms with Crippen LogP contribution in [0, 0.1) is 0 Å². The molecule has 0 atom stereocenters. The molecule has 3 N–H and O–H groups in total. The zero-order valence-electron chi connectivity index (χ0n) is 19.8. The zero-order chi connectivity index (χ0) is 25.8. The van der Waals surface area contributed by atoms with Crippen molar-refractivity contribution in [2.24, 2.45) is 5.10 Å². The Bertz CT molecular complexity index is 1210. The minimum atomic E-state index is -0.930. The van der Waals surface area contributed by atoms with Crippen LogP contribution in [-0.4, -0.2) is 44.3 Å². The Balaban J connectivity index is 1.45. The molecule has 0 aliphatic heterocycles. The number of hydrazone groups is 1. The largest absolute Gasteiger partial charge is 0.497 e. The van der Waals surface area contributed by atoms with Gasteiger partial charge in [-0.1, -0.05) is 12.1 Å². The van der Waals surface area contributed by atoms with Crippen molar-refractivity contribution in [2.45, 2.75) is 6.92 Å². The van der Waals surface area contributed by atoms with Crippen LogP contribution in [0.4, 0.5) is 11.4 Å². The number of carbonyl (C=O) groups excluding carboxylic acids is 3. The molecule has 0 saturated heterocycles. The van der Waals surface area contributed by atoms with Gasteiger partial charge in [-0.05, 0) is 73.2 Å². The van der Waals surface area contributed by atoms with Crippen molar-refractivity contribution in [2.75, 3.05) is 31.0 Å². The monoisotopic (exact) mass is 490 g/mol. The minimum Gasteiger partial charge on any atom is -0.497 e. The number of nitrogens with zero attached hydrogens (tertiary/aromatic N) is 1. The number of nitrogens with one attached hydrogen (secondary N) is 3. The Morgan fingerprint density at radius 1 is 0.806 bits per heavy atom. The summed E-state index contributed by atoms with van der Waals surface area (Å²) >= 11 is 0. The summed E-state index contributed by atoms with van der Waals surface area (Å²) in [5.74, 6) is -0.341. The summed E-state index contributed by atoms with van der Waals surface area (Å²) in [6.07, 6.45) is 1.35. The number of anilines is 2. The first-order valence-electron chi connectivity index (χ1n) is 11.0. The molecule has 186 valence electrons. The molecule has 0 aromatic heterocycles. The topological polar surface area (TPSA) is 127 Å². The lowest BCUT2D eigenvalue weighted by molar-refractivity contribution is -0.136. The molecule has 0 heterocycles. The maximum absolute atomic E-state index is 12.2. The molecule has 36 heavy (non-hydrogen) atoms. The number of methoxy groups -OCH3 is 1. The van der Waals surface area contributed by atoms with Gasteiger partial charge >= 0.3 is 11.8 Å². The van der Waals surface area contributed by atoms with Crippen molar-refractivity contribution in [1.29, 1.82) is 0 Å². The van der Waals surface area contributed by atoms with E-state index in [1.54, 1.807) is 72.8 Å². The summed E-state index contributed by atoms with van der Waals surface area (Å²) in [5.41, 5.74) is 3.82. The van der Waals surface area contributed by atoms with Gasteiger partial charge in [0.15, 0.2) is 6.61 Å². The number of hydrogen-bond acceptors (Lipinski definition) is 7. The summed E-state index contributed by atoms with van der Waals surface area (Å²) in [6.45, 7) is 2.26. The molecule has 0 unspecified atom stereocenters. The molecule has 10 heteroatoms. The van der Waals surface area contributed by atoms with Gasteiger partial charge in [-0.25, -0.2) is 5.43 Å². The molecule has 0 aliphatic rings. The van der Waals surface area contributed by atoms with Crippen molar-refractivity contribution in [3.05, 3.63) is 78.4 Å². The molecule has 0 fully saturated rings. The van der Waals surface area contributed by atoms with Crippen molar-refractivity contribution in [3.8, 4) is 17.2 Å². The summed E-state index contributed by atoms with van der Waals surface area (Å²) in [4.78, 5) is 36.1. The van der Waals surface area contributed by atoms with Crippen LogP contribution in [0.15, 0.2) is 77.9 Å². The molecule has 3 amide bonds. The predicted molar refractivity (Wildman–Crippen MR) is 136 cm³/mol. The standard InChI is InChI=1S/C26H26N4O6/c1-3-35-22-13-9-19(10-14-22)28-24(31)17-36-23-6-4-5-18(15-23)16-27-30-26(33)25(32)29-20-7-11-21(34-2)12-8-20/h4-16H,3,17H2,1-2H3,(H,28,31)(H,29,32)(H,30,33)/b27-16-. The van der Waals surface area contributed by atoms with Crippen LogP contribution in [0.1, 0.15) is 12.5 Å². The highest BCUT2D eigenvalue weighted by Gasteiger charge is 2.13. The van der Waals surface area contributed by atoms with Gasteiger partial charge in [-0.15, -0.1) is 0 Å². The molecular weight excluding hydrogens is 464 g/mol. The van der Waals surface area contributed by atoms with Crippen molar-refractivity contribution in [1.82, 2.24) is 5.43 Å². The number of rotatable bonds is 10. The molecule has 0 aliphatic carbocycles. The quantitative estimate of drug-likeness (QED) is 0.228. The normalized spacial score (nSPS) is 10.4. The SMILES string of the molecule is CCOc1ccc(NC(=O)COc2cccc(/C=N\NC(=O)C(=O)Nc3ccc(OC)cc3)c2)cc1.